The number of aromatic nitrogens is 1. The van der Waals surface area contributed by atoms with Gasteiger partial charge in [-0.05, 0) is 42.8 Å². The lowest BCUT2D eigenvalue weighted by molar-refractivity contribution is 0.102. The molecule has 2 aromatic carbocycles. The lowest BCUT2D eigenvalue weighted by Gasteiger charge is -2.11. The SMILES string of the molecule is COc1ccc(NC(=O)c2[nH]c3ccc(OC)cc3c2C)c(OC)c1. The monoisotopic (exact) mass is 340 g/mol. The highest BCUT2D eigenvalue weighted by atomic mass is 16.5. The fraction of sp³-hybridized carbons (Fsp3) is 0.211. The van der Waals surface area contributed by atoms with E-state index in [1.807, 2.05) is 25.1 Å². The summed E-state index contributed by atoms with van der Waals surface area (Å²) < 4.78 is 15.7. The van der Waals surface area contributed by atoms with E-state index in [1.165, 1.54) is 0 Å². The van der Waals surface area contributed by atoms with Gasteiger partial charge in [0.05, 0.1) is 27.0 Å². The van der Waals surface area contributed by atoms with Crippen LogP contribution in [-0.4, -0.2) is 32.2 Å². The molecule has 0 saturated heterocycles. The molecule has 0 spiro atoms. The molecule has 0 aliphatic carbocycles. The molecule has 0 fully saturated rings. The Kier molecular flexibility index (Phi) is 4.52. The molecule has 130 valence electrons. The summed E-state index contributed by atoms with van der Waals surface area (Å²) in [6.45, 7) is 1.90. The summed E-state index contributed by atoms with van der Waals surface area (Å²) in [5.41, 5.74) is 2.81. The molecule has 2 N–H and O–H groups in total. The van der Waals surface area contributed by atoms with Crippen molar-refractivity contribution in [1.29, 1.82) is 0 Å². The average molecular weight is 340 g/mol. The highest BCUT2D eigenvalue weighted by Crippen LogP contribution is 2.31. The Labute approximate surface area is 145 Å². The molecular weight excluding hydrogens is 320 g/mol. The first-order valence-electron chi connectivity index (χ1n) is 7.77. The number of carbonyl (C=O) groups is 1. The van der Waals surface area contributed by atoms with Crippen molar-refractivity contribution in [2.24, 2.45) is 0 Å². The summed E-state index contributed by atoms with van der Waals surface area (Å²) in [6, 6.07) is 10.9. The fourth-order valence-electron chi connectivity index (χ4n) is 2.75. The van der Waals surface area contributed by atoms with Gasteiger partial charge >= 0.3 is 0 Å². The lowest BCUT2D eigenvalue weighted by atomic mass is 10.1. The van der Waals surface area contributed by atoms with Gasteiger partial charge in [-0.25, -0.2) is 0 Å². The van der Waals surface area contributed by atoms with Crippen LogP contribution in [0.4, 0.5) is 5.69 Å². The largest absolute Gasteiger partial charge is 0.497 e. The third kappa shape index (κ3) is 3.10. The first kappa shape index (κ1) is 16.7. The van der Waals surface area contributed by atoms with Gasteiger partial charge in [0.2, 0.25) is 0 Å². The third-order valence-electron chi connectivity index (χ3n) is 4.15. The van der Waals surface area contributed by atoms with E-state index in [1.54, 1.807) is 39.5 Å². The number of amides is 1. The van der Waals surface area contributed by atoms with E-state index < -0.39 is 0 Å². The van der Waals surface area contributed by atoms with Crippen molar-refractivity contribution in [2.75, 3.05) is 26.6 Å². The molecular formula is C19H20N2O4. The van der Waals surface area contributed by atoms with Crippen molar-refractivity contribution in [2.45, 2.75) is 6.92 Å². The number of ether oxygens (including phenoxy) is 3. The van der Waals surface area contributed by atoms with E-state index in [9.17, 15) is 4.79 Å². The zero-order valence-electron chi connectivity index (χ0n) is 14.6. The van der Waals surface area contributed by atoms with E-state index in [-0.39, 0.29) is 5.91 Å². The Hall–Kier alpha value is -3.15. The van der Waals surface area contributed by atoms with Crippen molar-refractivity contribution < 1.29 is 19.0 Å². The smallest absolute Gasteiger partial charge is 0.272 e. The number of aromatic amines is 1. The summed E-state index contributed by atoms with van der Waals surface area (Å²) in [5.74, 6) is 1.70. The average Bonchev–Trinajstić information content (AvgIpc) is 2.98. The zero-order valence-corrected chi connectivity index (χ0v) is 14.6. The van der Waals surface area contributed by atoms with Crippen LogP contribution in [0.1, 0.15) is 16.1 Å². The van der Waals surface area contributed by atoms with Gasteiger partial charge in [0, 0.05) is 17.0 Å². The van der Waals surface area contributed by atoms with E-state index in [0.717, 1.165) is 22.2 Å². The molecule has 1 aromatic heterocycles. The number of hydrogen-bond acceptors (Lipinski definition) is 4. The maximum absolute atomic E-state index is 12.7. The van der Waals surface area contributed by atoms with E-state index in [0.29, 0.717) is 22.9 Å². The molecule has 6 nitrogen and oxygen atoms in total. The zero-order chi connectivity index (χ0) is 18.0. The number of anilines is 1. The molecule has 25 heavy (non-hydrogen) atoms. The minimum absolute atomic E-state index is 0.240. The molecule has 0 aliphatic rings. The van der Waals surface area contributed by atoms with Gasteiger partial charge in [-0.2, -0.15) is 0 Å². The summed E-state index contributed by atoms with van der Waals surface area (Å²) >= 11 is 0. The van der Waals surface area contributed by atoms with Gasteiger partial charge < -0.3 is 24.5 Å². The number of carbonyl (C=O) groups excluding carboxylic acids is 1. The van der Waals surface area contributed by atoms with Crippen molar-refractivity contribution in [3.8, 4) is 17.2 Å². The molecule has 3 rings (SSSR count). The predicted octanol–water partition coefficient (Wildman–Crippen LogP) is 3.75. The molecule has 1 amide bonds. The van der Waals surface area contributed by atoms with Gasteiger partial charge in [-0.15, -0.1) is 0 Å². The van der Waals surface area contributed by atoms with E-state index >= 15 is 0 Å². The number of fused-ring (bicyclic) bond motifs is 1. The minimum Gasteiger partial charge on any atom is -0.497 e. The van der Waals surface area contributed by atoms with Crippen LogP contribution in [0.3, 0.4) is 0 Å². The summed E-state index contributed by atoms with van der Waals surface area (Å²) in [5, 5.41) is 3.83. The Bertz CT molecular complexity index is 931. The van der Waals surface area contributed by atoms with E-state index in [4.69, 9.17) is 14.2 Å². The third-order valence-corrected chi connectivity index (χ3v) is 4.15. The second-order valence-electron chi connectivity index (χ2n) is 5.56. The molecule has 3 aromatic rings. The topological polar surface area (TPSA) is 72.6 Å². The maximum Gasteiger partial charge on any atom is 0.272 e. The summed E-state index contributed by atoms with van der Waals surface area (Å²) in [4.78, 5) is 15.9. The predicted molar refractivity (Wildman–Crippen MR) is 97.1 cm³/mol. The Morgan fingerprint density at radius 3 is 2.32 bits per heavy atom. The van der Waals surface area contributed by atoms with Gasteiger partial charge in [-0.3, -0.25) is 4.79 Å². The second-order valence-corrected chi connectivity index (χ2v) is 5.56. The van der Waals surface area contributed by atoms with Crippen molar-refractivity contribution in [1.82, 2.24) is 4.98 Å². The number of methoxy groups -OCH3 is 3. The highest BCUT2D eigenvalue weighted by Gasteiger charge is 2.17. The van der Waals surface area contributed by atoms with Crippen molar-refractivity contribution >= 4 is 22.5 Å². The second kappa shape index (κ2) is 6.76. The van der Waals surface area contributed by atoms with Gasteiger partial charge in [-0.1, -0.05) is 0 Å². The molecule has 0 aliphatic heterocycles. The number of nitrogens with one attached hydrogen (secondary N) is 2. The maximum atomic E-state index is 12.7. The normalized spacial score (nSPS) is 10.6. The molecule has 0 radical (unpaired) electrons. The van der Waals surface area contributed by atoms with Gasteiger partial charge in [0.25, 0.3) is 5.91 Å². The Morgan fingerprint density at radius 2 is 1.64 bits per heavy atom. The molecule has 0 unspecified atom stereocenters. The highest BCUT2D eigenvalue weighted by molar-refractivity contribution is 6.08. The quantitative estimate of drug-likeness (QED) is 0.742. The molecule has 6 heteroatoms. The number of rotatable bonds is 5. The number of hydrogen-bond donors (Lipinski definition) is 2. The van der Waals surface area contributed by atoms with Gasteiger partial charge in [0.15, 0.2) is 0 Å². The summed E-state index contributed by atoms with van der Waals surface area (Å²) in [7, 11) is 4.74. The van der Waals surface area contributed by atoms with Crippen LogP contribution in [0, 0.1) is 6.92 Å². The molecule has 0 atom stereocenters. The Balaban J connectivity index is 1.94. The summed E-state index contributed by atoms with van der Waals surface area (Å²) in [6.07, 6.45) is 0. The van der Waals surface area contributed by atoms with Crippen LogP contribution < -0.4 is 19.5 Å². The van der Waals surface area contributed by atoms with Crippen LogP contribution in [-0.2, 0) is 0 Å². The van der Waals surface area contributed by atoms with Crippen LogP contribution in [0.15, 0.2) is 36.4 Å². The van der Waals surface area contributed by atoms with Crippen molar-refractivity contribution in [3.05, 3.63) is 47.7 Å². The lowest BCUT2D eigenvalue weighted by Crippen LogP contribution is -2.14. The van der Waals surface area contributed by atoms with Crippen LogP contribution >= 0.6 is 0 Å². The van der Waals surface area contributed by atoms with Crippen LogP contribution in [0.2, 0.25) is 0 Å². The van der Waals surface area contributed by atoms with Crippen LogP contribution in [0.5, 0.6) is 17.2 Å². The number of H-pyrrole nitrogens is 1. The van der Waals surface area contributed by atoms with Gasteiger partial charge in [0.1, 0.15) is 22.9 Å². The molecule has 1 heterocycles. The van der Waals surface area contributed by atoms with E-state index in [2.05, 4.69) is 10.3 Å². The first-order chi connectivity index (χ1) is 12.1. The first-order valence-corrected chi connectivity index (χ1v) is 7.77. The number of aryl methyl sites for hydroxylation is 1. The van der Waals surface area contributed by atoms with Crippen LogP contribution in [0.25, 0.3) is 10.9 Å². The molecule has 0 bridgehead atoms. The standard InChI is InChI=1S/C19H20N2O4/c1-11-14-9-12(23-2)5-7-15(14)20-18(11)19(22)21-16-8-6-13(24-3)10-17(16)25-4/h5-10,20H,1-4H3,(H,21,22). The van der Waals surface area contributed by atoms with Crippen molar-refractivity contribution in [3.63, 3.8) is 0 Å². The molecule has 0 saturated carbocycles. The minimum atomic E-state index is -0.240. The Morgan fingerprint density at radius 1 is 0.960 bits per heavy atom. The number of benzene rings is 2. The fourth-order valence-corrected chi connectivity index (χ4v) is 2.75.